The maximum absolute atomic E-state index is 5.98. The molecule has 1 saturated carbocycles. The third kappa shape index (κ3) is 2.76. The van der Waals surface area contributed by atoms with Gasteiger partial charge in [0.25, 0.3) is 0 Å². The number of benzene rings is 1. The molecule has 1 atom stereocenters. The van der Waals surface area contributed by atoms with Gasteiger partial charge in [-0.2, -0.15) is 0 Å². The Morgan fingerprint density at radius 2 is 1.88 bits per heavy atom. The normalized spacial score (nSPS) is 19.4. The lowest BCUT2D eigenvalue weighted by atomic mass is 9.94. The predicted molar refractivity (Wildman–Crippen MR) is 69.5 cm³/mol. The second kappa shape index (κ2) is 5.35. The highest BCUT2D eigenvalue weighted by atomic mass is 14.9. The first-order valence-electron chi connectivity index (χ1n) is 6.38. The summed E-state index contributed by atoms with van der Waals surface area (Å²) in [5.74, 6) is 0. The van der Waals surface area contributed by atoms with Crippen molar-refractivity contribution in [3.8, 4) is 0 Å². The molecule has 1 unspecified atom stereocenters. The molecule has 1 aliphatic carbocycles. The Morgan fingerprint density at radius 1 is 1.19 bits per heavy atom. The van der Waals surface area contributed by atoms with E-state index in [2.05, 4.69) is 29.6 Å². The molecule has 1 aliphatic rings. The van der Waals surface area contributed by atoms with Crippen molar-refractivity contribution >= 4 is 5.69 Å². The van der Waals surface area contributed by atoms with Crippen LogP contribution in [0.1, 0.15) is 50.6 Å². The van der Waals surface area contributed by atoms with E-state index in [1.54, 1.807) is 0 Å². The van der Waals surface area contributed by atoms with Crippen LogP contribution >= 0.6 is 0 Å². The minimum Gasteiger partial charge on any atom is -0.382 e. The molecule has 0 spiro atoms. The summed E-state index contributed by atoms with van der Waals surface area (Å²) in [4.78, 5) is 0. The lowest BCUT2D eigenvalue weighted by Crippen LogP contribution is -2.23. The van der Waals surface area contributed by atoms with Gasteiger partial charge in [-0.25, -0.2) is 0 Å². The van der Waals surface area contributed by atoms with Gasteiger partial charge in [-0.15, -0.1) is 0 Å². The van der Waals surface area contributed by atoms with E-state index in [4.69, 9.17) is 5.73 Å². The third-order valence-corrected chi connectivity index (χ3v) is 3.42. The topological polar surface area (TPSA) is 38.0 Å². The Balaban J connectivity index is 2.07. The molecule has 0 amide bonds. The number of rotatable bonds is 3. The van der Waals surface area contributed by atoms with Crippen molar-refractivity contribution in [2.24, 2.45) is 5.73 Å². The Labute approximate surface area is 98.2 Å². The molecular formula is C14H22N2. The van der Waals surface area contributed by atoms with E-state index in [0.29, 0.717) is 6.04 Å². The quantitative estimate of drug-likeness (QED) is 0.815. The average molecular weight is 218 g/mol. The highest BCUT2D eigenvalue weighted by molar-refractivity contribution is 5.53. The van der Waals surface area contributed by atoms with Crippen LogP contribution in [0.5, 0.6) is 0 Å². The molecule has 0 aromatic heterocycles. The molecule has 16 heavy (non-hydrogen) atoms. The minimum atomic E-state index is 0.104. The lowest BCUT2D eigenvalue weighted by molar-refractivity contribution is 0.462. The number of anilines is 1. The van der Waals surface area contributed by atoms with E-state index in [1.807, 2.05) is 6.92 Å². The van der Waals surface area contributed by atoms with Gasteiger partial charge in [0.05, 0.1) is 0 Å². The Bertz CT molecular complexity index is 327. The van der Waals surface area contributed by atoms with Crippen molar-refractivity contribution in [1.29, 1.82) is 0 Å². The highest BCUT2D eigenvalue weighted by Crippen LogP contribution is 2.26. The molecule has 0 aliphatic heterocycles. The summed E-state index contributed by atoms with van der Waals surface area (Å²) in [5, 5.41) is 3.65. The van der Waals surface area contributed by atoms with Gasteiger partial charge in [-0.3, -0.25) is 0 Å². The predicted octanol–water partition coefficient (Wildman–Crippen LogP) is 3.45. The summed E-state index contributed by atoms with van der Waals surface area (Å²) in [5.41, 5.74) is 8.44. The van der Waals surface area contributed by atoms with Gasteiger partial charge in [0.2, 0.25) is 0 Å². The zero-order valence-corrected chi connectivity index (χ0v) is 10.1. The fourth-order valence-electron chi connectivity index (χ4n) is 2.49. The summed E-state index contributed by atoms with van der Waals surface area (Å²) in [7, 11) is 0. The fraction of sp³-hybridized carbons (Fsp3) is 0.571. The molecule has 3 N–H and O–H groups in total. The molecule has 0 bridgehead atoms. The third-order valence-electron chi connectivity index (χ3n) is 3.42. The Morgan fingerprint density at radius 3 is 2.56 bits per heavy atom. The largest absolute Gasteiger partial charge is 0.382 e. The second-order valence-electron chi connectivity index (χ2n) is 4.86. The summed E-state index contributed by atoms with van der Waals surface area (Å²) >= 11 is 0. The molecule has 0 saturated heterocycles. The van der Waals surface area contributed by atoms with Crippen molar-refractivity contribution < 1.29 is 0 Å². The highest BCUT2D eigenvalue weighted by Gasteiger charge is 2.14. The summed E-state index contributed by atoms with van der Waals surface area (Å²) in [6.45, 7) is 2.04. The number of hydrogen-bond donors (Lipinski definition) is 2. The maximum Gasteiger partial charge on any atom is 0.0390 e. The zero-order chi connectivity index (χ0) is 11.4. The van der Waals surface area contributed by atoms with Gasteiger partial charge in [-0.1, -0.05) is 37.5 Å². The molecular weight excluding hydrogens is 196 g/mol. The Hall–Kier alpha value is -1.02. The van der Waals surface area contributed by atoms with Crippen LogP contribution in [-0.2, 0) is 0 Å². The van der Waals surface area contributed by atoms with Gasteiger partial charge in [0.15, 0.2) is 0 Å². The van der Waals surface area contributed by atoms with Crippen LogP contribution in [0.4, 0.5) is 5.69 Å². The first kappa shape index (κ1) is 11.5. The number of nitrogens with one attached hydrogen (secondary N) is 1. The minimum absolute atomic E-state index is 0.104. The van der Waals surface area contributed by atoms with Crippen LogP contribution in [-0.4, -0.2) is 6.04 Å². The fourth-order valence-corrected chi connectivity index (χ4v) is 2.49. The molecule has 2 rings (SSSR count). The van der Waals surface area contributed by atoms with Gasteiger partial charge in [0.1, 0.15) is 0 Å². The lowest BCUT2D eigenvalue weighted by Gasteiger charge is -2.25. The van der Waals surface area contributed by atoms with E-state index in [-0.39, 0.29) is 6.04 Å². The molecule has 0 radical (unpaired) electrons. The van der Waals surface area contributed by atoms with Crippen LogP contribution in [0.2, 0.25) is 0 Å². The average Bonchev–Trinajstić information content (AvgIpc) is 2.31. The molecule has 88 valence electrons. The van der Waals surface area contributed by atoms with Gasteiger partial charge in [0, 0.05) is 17.8 Å². The zero-order valence-electron chi connectivity index (χ0n) is 10.1. The van der Waals surface area contributed by atoms with E-state index in [0.717, 1.165) is 0 Å². The van der Waals surface area contributed by atoms with Crippen molar-refractivity contribution in [2.75, 3.05) is 5.32 Å². The maximum atomic E-state index is 5.98. The smallest absolute Gasteiger partial charge is 0.0390 e. The van der Waals surface area contributed by atoms with Crippen LogP contribution in [0.25, 0.3) is 0 Å². The molecule has 2 heteroatoms. The van der Waals surface area contributed by atoms with Gasteiger partial charge >= 0.3 is 0 Å². The van der Waals surface area contributed by atoms with Crippen molar-refractivity contribution in [2.45, 2.75) is 51.1 Å². The van der Waals surface area contributed by atoms with Crippen molar-refractivity contribution in [3.05, 3.63) is 29.8 Å². The van der Waals surface area contributed by atoms with Gasteiger partial charge in [-0.05, 0) is 31.4 Å². The van der Waals surface area contributed by atoms with Crippen molar-refractivity contribution in [1.82, 2.24) is 0 Å². The van der Waals surface area contributed by atoms with Crippen LogP contribution in [0, 0.1) is 0 Å². The summed E-state index contributed by atoms with van der Waals surface area (Å²) in [6, 6.07) is 9.16. The number of nitrogens with two attached hydrogens (primary N) is 1. The Kier molecular flexibility index (Phi) is 3.83. The van der Waals surface area contributed by atoms with Crippen LogP contribution < -0.4 is 11.1 Å². The number of para-hydroxylation sites is 1. The molecule has 1 aromatic rings. The van der Waals surface area contributed by atoms with Crippen LogP contribution in [0.15, 0.2) is 24.3 Å². The summed E-state index contributed by atoms with van der Waals surface area (Å²) in [6.07, 6.45) is 6.71. The van der Waals surface area contributed by atoms with E-state index >= 15 is 0 Å². The SMILES string of the molecule is CC(N)c1ccccc1NC1CCCCC1. The standard InChI is InChI=1S/C14H22N2/c1-11(15)13-9-5-6-10-14(13)16-12-7-3-2-4-8-12/h5-6,9-12,16H,2-4,7-8,15H2,1H3. The summed E-state index contributed by atoms with van der Waals surface area (Å²) < 4.78 is 0. The van der Waals surface area contributed by atoms with E-state index in [1.165, 1.54) is 43.4 Å². The van der Waals surface area contributed by atoms with Crippen molar-refractivity contribution in [3.63, 3.8) is 0 Å². The van der Waals surface area contributed by atoms with E-state index < -0.39 is 0 Å². The molecule has 1 fully saturated rings. The first-order chi connectivity index (χ1) is 7.77. The second-order valence-corrected chi connectivity index (χ2v) is 4.86. The monoisotopic (exact) mass is 218 g/mol. The molecule has 0 heterocycles. The van der Waals surface area contributed by atoms with E-state index in [9.17, 15) is 0 Å². The first-order valence-corrected chi connectivity index (χ1v) is 6.38. The number of hydrogen-bond acceptors (Lipinski definition) is 2. The molecule has 2 nitrogen and oxygen atoms in total. The van der Waals surface area contributed by atoms with Crippen LogP contribution in [0.3, 0.4) is 0 Å². The van der Waals surface area contributed by atoms with Gasteiger partial charge < -0.3 is 11.1 Å². The molecule has 1 aromatic carbocycles.